The molecule has 0 saturated carbocycles. The van der Waals surface area contributed by atoms with Crippen molar-refractivity contribution in [2.24, 2.45) is 29.2 Å². The molecule has 2 fully saturated rings. The molecule has 3 aliphatic rings. The quantitative estimate of drug-likeness (QED) is 0.134. The van der Waals surface area contributed by atoms with Gasteiger partial charge in [0.25, 0.3) is 0 Å². The van der Waals surface area contributed by atoms with Gasteiger partial charge < -0.3 is 86.6 Å². The number of fused-ring (bicyclic) bond motifs is 2. The van der Waals surface area contributed by atoms with Gasteiger partial charge in [-0.2, -0.15) is 0 Å². The summed E-state index contributed by atoms with van der Waals surface area (Å²) < 4.78 is 23.9. The SMILES string of the molecule is C[C@@H]1[C@H](O)[C@@H](C)C=CC=CC=CC=CC=CC=CC=C[C@H](O[C@@H]2O[C@H](C)[C@@H](O)[C@H](N(CCCN)CCCN)[C@@H]2O)CC2O[C@](O)(C[C@@H](O)C[C@@H](O)[C@H](O)CC[C@@H](O)C[C@@H](O)CC(=O)O[C@H]1C)C[C@H](O)[C@H]2C(=O)O. The third kappa shape index (κ3) is 21.9. The molecule has 0 aromatic heterocycles. The Morgan fingerprint density at radius 3 is 1.79 bits per heavy atom. The molecule has 15 N–H and O–H groups in total. The summed E-state index contributed by atoms with van der Waals surface area (Å²) >= 11 is 0. The molecular weight excluding hydrogens is 951 g/mol. The summed E-state index contributed by atoms with van der Waals surface area (Å²) in [5, 5.41) is 121. The van der Waals surface area contributed by atoms with Gasteiger partial charge in [-0.25, -0.2) is 0 Å². The number of carbonyl (C=O) groups excluding carboxylic acids is 1. The van der Waals surface area contributed by atoms with Crippen molar-refractivity contribution in [2.45, 2.75) is 189 Å². The van der Waals surface area contributed by atoms with Gasteiger partial charge >= 0.3 is 11.9 Å². The van der Waals surface area contributed by atoms with E-state index in [1.807, 2.05) is 42.2 Å². The van der Waals surface area contributed by atoms with E-state index in [9.17, 15) is 65.8 Å². The van der Waals surface area contributed by atoms with Crippen LogP contribution in [0.25, 0.3) is 0 Å². The summed E-state index contributed by atoms with van der Waals surface area (Å²) in [5.74, 6) is -6.87. The average molecular weight is 1040 g/mol. The Bertz CT molecular complexity index is 1820. The third-order valence-corrected chi connectivity index (χ3v) is 13.7. The van der Waals surface area contributed by atoms with Crippen LogP contribution in [-0.4, -0.2) is 197 Å². The maximum Gasteiger partial charge on any atom is 0.311 e. The predicted octanol–water partition coefficient (Wildman–Crippen LogP) is 0.753. The highest BCUT2D eigenvalue weighted by Crippen LogP contribution is 2.38. The van der Waals surface area contributed by atoms with E-state index in [-0.39, 0.29) is 31.6 Å². The summed E-state index contributed by atoms with van der Waals surface area (Å²) in [6.07, 6.45) is 4.83. The topological polar surface area (TPSA) is 349 Å². The van der Waals surface area contributed by atoms with Crippen LogP contribution in [0.3, 0.4) is 0 Å². The van der Waals surface area contributed by atoms with Crippen LogP contribution in [0, 0.1) is 17.8 Å². The van der Waals surface area contributed by atoms with Crippen LogP contribution >= 0.6 is 0 Å². The largest absolute Gasteiger partial charge is 0.481 e. The maximum atomic E-state index is 12.7. The van der Waals surface area contributed by atoms with E-state index in [2.05, 4.69) is 0 Å². The molecule has 3 heterocycles. The van der Waals surface area contributed by atoms with Crippen LogP contribution < -0.4 is 11.5 Å². The second-order valence-corrected chi connectivity index (χ2v) is 19.8. The van der Waals surface area contributed by atoms with Gasteiger partial charge in [-0.15, -0.1) is 0 Å². The van der Waals surface area contributed by atoms with Gasteiger partial charge in [0.05, 0.1) is 79.6 Å². The van der Waals surface area contributed by atoms with Crippen molar-refractivity contribution in [2.75, 3.05) is 26.2 Å². The van der Waals surface area contributed by atoms with Crippen LogP contribution in [0.2, 0.25) is 0 Å². The molecule has 3 rings (SSSR count). The lowest BCUT2D eigenvalue weighted by Crippen LogP contribution is -2.64. The molecule has 3 aliphatic heterocycles. The number of hydrogen-bond acceptors (Lipinski definition) is 19. The molecule has 0 amide bonds. The first-order valence-electron chi connectivity index (χ1n) is 25.7. The molecule has 2 saturated heterocycles. The highest BCUT2D eigenvalue weighted by molar-refractivity contribution is 5.71. The molecule has 416 valence electrons. The van der Waals surface area contributed by atoms with Crippen molar-refractivity contribution in [3.05, 3.63) is 85.1 Å². The number of allylic oxidation sites excluding steroid dienone is 12. The Morgan fingerprint density at radius 1 is 0.671 bits per heavy atom. The maximum absolute atomic E-state index is 12.7. The zero-order valence-electron chi connectivity index (χ0n) is 42.8. The van der Waals surface area contributed by atoms with Crippen molar-refractivity contribution in [1.82, 2.24) is 4.90 Å². The van der Waals surface area contributed by atoms with Crippen molar-refractivity contribution in [1.29, 1.82) is 0 Å². The Hall–Kier alpha value is -3.52. The van der Waals surface area contributed by atoms with Gasteiger partial charge in [-0.1, -0.05) is 98.9 Å². The minimum atomic E-state index is -2.34. The standard InChI is InChI=1S/C53H87N3O17/c1-33-19-15-13-11-9-7-5-6-8-10-12-14-16-20-40(72-52-50(66)47(49(65)36(4)71-52)56(25-17-23-54)26-18-24-55)30-44-46(51(67)68)43(62)32-53(69,73-44)31-39(59)28-42(61)41(60)22-21-37(57)27-38(58)29-45(63)70-35(3)34(2)48(33)64/h5-16,19-20,33-44,46-50,52,57-62,64-66,69H,17-18,21-32,54-55H2,1-4H3,(H,67,68)/t33-,34-,35-,36+,37+,38+,39-,40-,41+,42+,43-,44?,46+,47-,48+,49+,50-,52-,53+/m0/s1. The second-order valence-electron chi connectivity index (χ2n) is 19.8. The van der Waals surface area contributed by atoms with Crippen LogP contribution in [0.15, 0.2) is 85.1 Å². The van der Waals surface area contributed by atoms with Crippen molar-refractivity contribution >= 4 is 11.9 Å². The van der Waals surface area contributed by atoms with E-state index in [1.165, 1.54) is 0 Å². The Kier molecular flexibility index (Phi) is 28.7. The smallest absolute Gasteiger partial charge is 0.311 e. The number of rotatable bonds is 10. The number of carbonyl (C=O) groups is 2. The number of esters is 1. The number of aliphatic carboxylic acids is 1. The van der Waals surface area contributed by atoms with E-state index < -0.39 is 147 Å². The molecule has 0 aromatic carbocycles. The highest BCUT2D eigenvalue weighted by Gasteiger charge is 2.51. The Morgan fingerprint density at radius 2 is 1.23 bits per heavy atom. The summed E-state index contributed by atoms with van der Waals surface area (Å²) in [4.78, 5) is 27.3. The lowest BCUT2D eigenvalue weighted by Gasteiger charge is -2.47. The molecule has 20 heteroatoms. The number of nitrogens with two attached hydrogens (primary N) is 2. The Labute approximate surface area is 430 Å². The Balaban J connectivity index is 1.94. The number of ether oxygens (including phenoxy) is 4. The number of aliphatic hydroxyl groups is 10. The minimum Gasteiger partial charge on any atom is -0.481 e. The van der Waals surface area contributed by atoms with Gasteiger partial charge in [0.15, 0.2) is 12.1 Å². The van der Waals surface area contributed by atoms with Gasteiger partial charge in [0, 0.05) is 37.5 Å². The number of cyclic esters (lactones) is 1. The first-order chi connectivity index (χ1) is 34.6. The molecule has 0 radical (unpaired) electrons. The number of hydrogen-bond donors (Lipinski definition) is 13. The number of carboxylic acid groups (broad SMARTS) is 1. The van der Waals surface area contributed by atoms with Crippen LogP contribution in [0.1, 0.15) is 91.9 Å². The fraction of sp³-hybridized carbons (Fsp3) is 0.698. The van der Waals surface area contributed by atoms with E-state index in [0.29, 0.717) is 39.0 Å². The molecule has 2 bridgehead atoms. The fourth-order valence-corrected chi connectivity index (χ4v) is 9.34. The van der Waals surface area contributed by atoms with E-state index in [4.69, 9.17) is 30.4 Å². The number of carboxylic acids is 1. The number of nitrogens with zero attached hydrogens (tertiary/aromatic N) is 1. The van der Waals surface area contributed by atoms with Crippen LogP contribution in [-0.2, 0) is 28.5 Å². The van der Waals surface area contributed by atoms with E-state index >= 15 is 0 Å². The first kappa shape index (κ1) is 63.8. The normalized spacial score (nSPS) is 38.8. The summed E-state index contributed by atoms with van der Waals surface area (Å²) in [6, 6.07) is -0.868. The molecule has 0 spiro atoms. The summed E-state index contributed by atoms with van der Waals surface area (Å²) in [6.45, 7) is 8.44. The zero-order chi connectivity index (χ0) is 54.3. The second kappa shape index (κ2) is 32.8. The molecule has 0 aromatic rings. The summed E-state index contributed by atoms with van der Waals surface area (Å²) in [7, 11) is 0. The van der Waals surface area contributed by atoms with Crippen LogP contribution in [0.5, 0.6) is 0 Å². The summed E-state index contributed by atoms with van der Waals surface area (Å²) in [5.41, 5.74) is 11.6. The lowest BCUT2D eigenvalue weighted by molar-refractivity contribution is -0.312. The highest BCUT2D eigenvalue weighted by atomic mass is 16.7. The molecule has 73 heavy (non-hydrogen) atoms. The van der Waals surface area contributed by atoms with E-state index in [1.54, 1.807) is 75.5 Å². The van der Waals surface area contributed by atoms with Gasteiger partial charge in [0.2, 0.25) is 0 Å². The lowest BCUT2D eigenvalue weighted by atomic mass is 9.82. The third-order valence-electron chi connectivity index (χ3n) is 13.7. The predicted molar refractivity (Wildman–Crippen MR) is 272 cm³/mol. The molecule has 19 atom stereocenters. The van der Waals surface area contributed by atoms with Gasteiger partial charge in [0.1, 0.15) is 18.1 Å². The van der Waals surface area contributed by atoms with Crippen molar-refractivity contribution in [3.8, 4) is 0 Å². The number of aliphatic hydroxyl groups excluding tert-OH is 9. The van der Waals surface area contributed by atoms with E-state index in [0.717, 1.165) is 0 Å². The average Bonchev–Trinajstić information content (AvgIpc) is 3.31. The molecule has 0 aliphatic carbocycles. The van der Waals surface area contributed by atoms with Gasteiger partial charge in [-0.3, -0.25) is 14.5 Å². The molecular formula is C53H87N3O17. The molecule has 20 nitrogen and oxygen atoms in total. The van der Waals surface area contributed by atoms with Crippen molar-refractivity contribution in [3.63, 3.8) is 0 Å². The van der Waals surface area contributed by atoms with Crippen LogP contribution in [0.4, 0.5) is 0 Å². The van der Waals surface area contributed by atoms with Gasteiger partial charge in [-0.05, 0) is 72.1 Å². The monoisotopic (exact) mass is 1040 g/mol. The first-order valence-corrected chi connectivity index (χ1v) is 25.7. The van der Waals surface area contributed by atoms with Crippen molar-refractivity contribution < 1.29 is 84.7 Å². The minimum absolute atomic E-state index is 0.112. The zero-order valence-corrected chi connectivity index (χ0v) is 42.8. The molecule has 1 unspecified atom stereocenters. The fourth-order valence-electron chi connectivity index (χ4n) is 9.34.